The van der Waals surface area contributed by atoms with Gasteiger partial charge in [0.05, 0.1) is 11.5 Å². The molecule has 0 saturated carbocycles. The Bertz CT molecular complexity index is 208. The van der Waals surface area contributed by atoms with Gasteiger partial charge in [-0.15, -0.1) is 0 Å². The van der Waals surface area contributed by atoms with Crippen LogP contribution in [0.25, 0.3) is 0 Å². The molecule has 0 aliphatic carbocycles. The molecule has 0 spiro atoms. The van der Waals surface area contributed by atoms with E-state index in [4.69, 9.17) is 0 Å². The van der Waals surface area contributed by atoms with E-state index in [1.807, 2.05) is 19.0 Å². The summed E-state index contributed by atoms with van der Waals surface area (Å²) in [6, 6.07) is 0.255. The Hall–Kier alpha value is -0.0900. The zero-order chi connectivity index (χ0) is 7.78. The van der Waals surface area contributed by atoms with Crippen LogP contribution in [0.4, 0.5) is 0 Å². The number of hydrogen-bond acceptors (Lipinski definition) is 3. The van der Waals surface area contributed by atoms with Crippen molar-refractivity contribution in [2.45, 2.75) is 12.5 Å². The Balaban J connectivity index is 2.60. The predicted octanol–water partition coefficient (Wildman–Crippen LogP) is -0.265. The Morgan fingerprint density at radius 2 is 2.00 bits per heavy atom. The average molecular weight is 163 g/mol. The van der Waals surface area contributed by atoms with Gasteiger partial charge in [-0.3, -0.25) is 0 Å². The van der Waals surface area contributed by atoms with Gasteiger partial charge in [-0.25, -0.2) is 8.42 Å². The van der Waals surface area contributed by atoms with Crippen LogP contribution < -0.4 is 0 Å². The topological polar surface area (TPSA) is 37.4 Å². The Morgan fingerprint density at radius 3 is 2.20 bits per heavy atom. The summed E-state index contributed by atoms with van der Waals surface area (Å²) >= 11 is 0. The van der Waals surface area contributed by atoms with Crippen LogP contribution in [0, 0.1) is 0 Å². The van der Waals surface area contributed by atoms with E-state index < -0.39 is 9.84 Å². The summed E-state index contributed by atoms with van der Waals surface area (Å²) in [5.74, 6) is 0.718. The van der Waals surface area contributed by atoms with Crippen LogP contribution in [0.3, 0.4) is 0 Å². The molecule has 60 valence electrons. The minimum Gasteiger partial charge on any atom is -0.305 e. The third-order valence-corrected chi connectivity index (χ3v) is 3.69. The molecule has 0 aromatic heterocycles. The molecule has 1 atom stereocenters. The normalized spacial score (nSPS) is 31.3. The van der Waals surface area contributed by atoms with Gasteiger partial charge >= 0.3 is 0 Å². The highest BCUT2D eigenvalue weighted by molar-refractivity contribution is 7.91. The lowest BCUT2D eigenvalue weighted by atomic mass is 10.2. The highest BCUT2D eigenvalue weighted by atomic mass is 32.2. The van der Waals surface area contributed by atoms with E-state index in [2.05, 4.69) is 0 Å². The van der Waals surface area contributed by atoms with E-state index >= 15 is 0 Å². The zero-order valence-corrected chi connectivity index (χ0v) is 7.19. The van der Waals surface area contributed by atoms with E-state index in [1.54, 1.807) is 0 Å². The van der Waals surface area contributed by atoms with Gasteiger partial charge in [0.1, 0.15) is 0 Å². The number of sulfone groups is 1. The lowest BCUT2D eigenvalue weighted by Crippen LogP contribution is -2.28. The molecule has 4 heteroatoms. The third-order valence-electron chi connectivity index (χ3n) is 1.94. The number of hydrogen-bond donors (Lipinski definition) is 0. The van der Waals surface area contributed by atoms with Gasteiger partial charge in [0.15, 0.2) is 9.84 Å². The van der Waals surface area contributed by atoms with E-state index in [9.17, 15) is 8.42 Å². The summed E-state index contributed by atoms with van der Waals surface area (Å²) < 4.78 is 21.8. The molecule has 1 unspecified atom stereocenters. The first-order valence-corrected chi connectivity index (χ1v) is 5.20. The molecule has 0 bridgehead atoms. The molecule has 1 rings (SSSR count). The van der Waals surface area contributed by atoms with E-state index in [-0.39, 0.29) is 6.04 Å². The van der Waals surface area contributed by atoms with Crippen LogP contribution in [0.1, 0.15) is 6.42 Å². The second kappa shape index (κ2) is 2.51. The summed E-state index contributed by atoms with van der Waals surface area (Å²) in [6.45, 7) is 0. The first kappa shape index (κ1) is 8.01. The van der Waals surface area contributed by atoms with Crippen molar-refractivity contribution in [3.63, 3.8) is 0 Å². The van der Waals surface area contributed by atoms with Crippen molar-refractivity contribution in [1.82, 2.24) is 4.90 Å². The monoisotopic (exact) mass is 163 g/mol. The molecule has 1 aliphatic rings. The standard InChI is InChI=1S/C6H13NO2S/c1-7(2)6-3-4-10(8,9)5-6/h6H,3-5H2,1-2H3. The van der Waals surface area contributed by atoms with Crippen LogP contribution in [-0.4, -0.2) is 45.0 Å². The molecular formula is C6H13NO2S. The van der Waals surface area contributed by atoms with Crippen molar-refractivity contribution < 1.29 is 8.42 Å². The fourth-order valence-corrected chi connectivity index (χ4v) is 3.03. The SMILES string of the molecule is CN(C)C1CCS(=O)(=O)C1. The molecule has 1 heterocycles. The molecule has 0 aromatic carbocycles. The summed E-state index contributed by atoms with van der Waals surface area (Å²) in [4.78, 5) is 1.98. The molecule has 1 fully saturated rings. The van der Waals surface area contributed by atoms with Gasteiger partial charge in [0.25, 0.3) is 0 Å². The average Bonchev–Trinajstić information content (AvgIpc) is 2.10. The largest absolute Gasteiger partial charge is 0.305 e. The van der Waals surface area contributed by atoms with Crippen LogP contribution in [0.15, 0.2) is 0 Å². The molecule has 0 radical (unpaired) electrons. The van der Waals surface area contributed by atoms with Crippen LogP contribution in [-0.2, 0) is 9.84 Å². The maximum absolute atomic E-state index is 10.9. The zero-order valence-electron chi connectivity index (χ0n) is 6.37. The van der Waals surface area contributed by atoms with E-state index in [0.29, 0.717) is 11.5 Å². The van der Waals surface area contributed by atoms with Gasteiger partial charge in [0, 0.05) is 6.04 Å². The van der Waals surface area contributed by atoms with Gasteiger partial charge in [-0.1, -0.05) is 0 Å². The highest BCUT2D eigenvalue weighted by Gasteiger charge is 2.28. The minimum absolute atomic E-state index is 0.255. The summed E-state index contributed by atoms with van der Waals surface area (Å²) in [7, 11) is 1.16. The van der Waals surface area contributed by atoms with Gasteiger partial charge < -0.3 is 4.90 Å². The predicted molar refractivity (Wildman–Crippen MR) is 40.7 cm³/mol. The van der Waals surface area contributed by atoms with Gasteiger partial charge in [0.2, 0.25) is 0 Å². The third kappa shape index (κ3) is 1.70. The van der Waals surface area contributed by atoms with Crippen LogP contribution >= 0.6 is 0 Å². The molecular weight excluding hydrogens is 150 g/mol. The van der Waals surface area contributed by atoms with Crippen LogP contribution in [0.5, 0.6) is 0 Å². The Kier molecular flexibility index (Phi) is 2.01. The lowest BCUT2D eigenvalue weighted by Gasteiger charge is -2.15. The number of nitrogens with zero attached hydrogens (tertiary/aromatic N) is 1. The van der Waals surface area contributed by atoms with Crippen molar-refractivity contribution in [1.29, 1.82) is 0 Å². The highest BCUT2D eigenvalue weighted by Crippen LogP contribution is 2.14. The fraction of sp³-hybridized carbons (Fsp3) is 1.00. The minimum atomic E-state index is -2.68. The maximum atomic E-state index is 10.9. The van der Waals surface area contributed by atoms with Crippen molar-refractivity contribution >= 4 is 9.84 Å². The second-order valence-electron chi connectivity index (χ2n) is 3.02. The van der Waals surface area contributed by atoms with Crippen molar-refractivity contribution in [3.8, 4) is 0 Å². The molecule has 3 nitrogen and oxygen atoms in total. The number of rotatable bonds is 1. The first-order valence-electron chi connectivity index (χ1n) is 3.38. The molecule has 0 N–H and O–H groups in total. The summed E-state index contributed by atoms with van der Waals surface area (Å²) in [5, 5.41) is 0. The Labute approximate surface area is 61.9 Å². The van der Waals surface area contributed by atoms with Gasteiger partial charge in [-0.2, -0.15) is 0 Å². The van der Waals surface area contributed by atoms with Crippen molar-refractivity contribution in [3.05, 3.63) is 0 Å². The quantitative estimate of drug-likeness (QED) is 0.534. The molecule has 10 heavy (non-hydrogen) atoms. The van der Waals surface area contributed by atoms with Crippen molar-refractivity contribution in [2.24, 2.45) is 0 Å². The molecule has 1 aliphatic heterocycles. The summed E-state index contributed by atoms with van der Waals surface area (Å²) in [6.07, 6.45) is 0.801. The molecule has 1 saturated heterocycles. The molecule has 0 amide bonds. The maximum Gasteiger partial charge on any atom is 0.151 e. The summed E-state index contributed by atoms with van der Waals surface area (Å²) in [5.41, 5.74) is 0. The second-order valence-corrected chi connectivity index (χ2v) is 5.25. The lowest BCUT2D eigenvalue weighted by molar-refractivity contribution is 0.319. The van der Waals surface area contributed by atoms with Crippen LogP contribution in [0.2, 0.25) is 0 Å². The van der Waals surface area contributed by atoms with Crippen molar-refractivity contribution in [2.75, 3.05) is 25.6 Å². The Morgan fingerprint density at radius 1 is 1.40 bits per heavy atom. The van der Waals surface area contributed by atoms with Gasteiger partial charge in [-0.05, 0) is 20.5 Å². The smallest absolute Gasteiger partial charge is 0.151 e. The fourth-order valence-electron chi connectivity index (χ4n) is 1.18. The van der Waals surface area contributed by atoms with E-state index in [0.717, 1.165) is 6.42 Å². The first-order chi connectivity index (χ1) is 4.51. The molecule has 0 aromatic rings. The van der Waals surface area contributed by atoms with E-state index in [1.165, 1.54) is 0 Å².